The number of halogens is 1. The number of rotatable bonds is 4. The van der Waals surface area contributed by atoms with Crippen LogP contribution in [0.15, 0.2) is 4.99 Å². The van der Waals surface area contributed by atoms with Gasteiger partial charge in [-0.25, -0.2) is 4.99 Å². The van der Waals surface area contributed by atoms with Gasteiger partial charge in [-0.15, -0.1) is 24.0 Å². The number of hydrogen-bond acceptors (Lipinski definition) is 4. The topological polar surface area (TPSA) is 77.5 Å². The van der Waals surface area contributed by atoms with Gasteiger partial charge in [0.1, 0.15) is 6.54 Å². The summed E-state index contributed by atoms with van der Waals surface area (Å²) in [6, 6.07) is 0.445. The van der Waals surface area contributed by atoms with Crippen molar-refractivity contribution in [3.63, 3.8) is 0 Å². The second-order valence-corrected chi connectivity index (χ2v) is 8.25. The Kier molecular flexibility index (Phi) is 9.94. The molecule has 2 saturated heterocycles. The van der Waals surface area contributed by atoms with Gasteiger partial charge in [-0.05, 0) is 25.7 Å². The van der Waals surface area contributed by atoms with Gasteiger partial charge >= 0.3 is 0 Å². The monoisotopic (exact) mass is 521 g/mol. The fraction of sp³-hybridized carbons (Fsp3) is 0.850. The lowest BCUT2D eigenvalue weighted by Gasteiger charge is -2.37. The number of carbonyl (C=O) groups is 2. The first-order chi connectivity index (χ1) is 13.5. The van der Waals surface area contributed by atoms with Crippen LogP contribution in [0.4, 0.5) is 0 Å². The third-order valence-electron chi connectivity index (χ3n) is 6.02. The maximum atomic E-state index is 12.8. The molecule has 0 aromatic carbocycles. The lowest BCUT2D eigenvalue weighted by atomic mass is 9.95. The SMILES string of the molecule is CN(C)C(=O)CN=C(NC1CCCC1)N1CCC(C(=O)N2CCOCC2)CC1.I. The highest BCUT2D eigenvalue weighted by molar-refractivity contribution is 14.0. The molecule has 3 rings (SSSR count). The number of ether oxygens (including phenoxy) is 1. The predicted molar refractivity (Wildman–Crippen MR) is 123 cm³/mol. The van der Waals surface area contributed by atoms with E-state index < -0.39 is 0 Å². The van der Waals surface area contributed by atoms with Gasteiger partial charge in [-0.2, -0.15) is 0 Å². The van der Waals surface area contributed by atoms with E-state index in [2.05, 4.69) is 15.2 Å². The molecule has 0 aromatic rings. The Labute approximate surface area is 191 Å². The fourth-order valence-corrected chi connectivity index (χ4v) is 4.15. The maximum absolute atomic E-state index is 12.8. The number of carbonyl (C=O) groups excluding carboxylic acids is 2. The molecule has 1 aliphatic carbocycles. The average Bonchev–Trinajstić information content (AvgIpc) is 3.24. The highest BCUT2D eigenvalue weighted by Crippen LogP contribution is 2.22. The van der Waals surface area contributed by atoms with Crippen molar-refractivity contribution in [2.75, 3.05) is 60.0 Å². The standard InChI is InChI=1S/C20H35N5O3.HI/c1-23(2)18(26)15-21-20(22-17-5-3-4-6-17)25-9-7-16(8-10-25)19(27)24-11-13-28-14-12-24;/h16-17H,3-15H2,1-2H3,(H,21,22);1H. The summed E-state index contributed by atoms with van der Waals surface area (Å²) in [5.74, 6) is 1.20. The van der Waals surface area contributed by atoms with Gasteiger partial charge in [0.25, 0.3) is 0 Å². The van der Waals surface area contributed by atoms with Crippen LogP contribution in [0.3, 0.4) is 0 Å². The average molecular weight is 521 g/mol. The molecule has 3 aliphatic rings. The van der Waals surface area contributed by atoms with Crippen LogP contribution >= 0.6 is 24.0 Å². The number of nitrogens with one attached hydrogen (secondary N) is 1. The van der Waals surface area contributed by atoms with Crippen molar-refractivity contribution in [2.24, 2.45) is 10.9 Å². The molecular weight excluding hydrogens is 485 g/mol. The molecule has 2 heterocycles. The molecule has 9 heteroatoms. The lowest BCUT2D eigenvalue weighted by molar-refractivity contribution is -0.140. The smallest absolute Gasteiger partial charge is 0.243 e. The number of amides is 2. The maximum Gasteiger partial charge on any atom is 0.243 e. The zero-order valence-electron chi connectivity index (χ0n) is 17.8. The second kappa shape index (κ2) is 11.9. The summed E-state index contributed by atoms with van der Waals surface area (Å²) in [7, 11) is 3.51. The van der Waals surface area contributed by atoms with Gasteiger partial charge in [0.2, 0.25) is 11.8 Å². The molecule has 1 N–H and O–H groups in total. The molecule has 166 valence electrons. The van der Waals surface area contributed by atoms with E-state index in [1.54, 1.807) is 19.0 Å². The molecule has 0 unspecified atom stereocenters. The highest BCUT2D eigenvalue weighted by Gasteiger charge is 2.31. The molecule has 0 spiro atoms. The minimum Gasteiger partial charge on any atom is -0.378 e. The molecule has 2 aliphatic heterocycles. The Bertz CT molecular complexity index is 566. The number of nitrogens with zero attached hydrogens (tertiary/aromatic N) is 4. The van der Waals surface area contributed by atoms with Crippen LogP contribution in [-0.4, -0.2) is 98.5 Å². The van der Waals surface area contributed by atoms with Crippen molar-refractivity contribution in [1.29, 1.82) is 0 Å². The Morgan fingerprint density at radius 2 is 1.62 bits per heavy atom. The van der Waals surface area contributed by atoms with E-state index in [1.807, 2.05) is 4.90 Å². The quantitative estimate of drug-likeness (QED) is 0.342. The Hall–Kier alpha value is -1.10. The zero-order chi connectivity index (χ0) is 19.9. The number of guanidine groups is 1. The van der Waals surface area contributed by atoms with Gasteiger partial charge in [0, 0.05) is 52.2 Å². The summed E-state index contributed by atoms with van der Waals surface area (Å²) in [6.45, 7) is 4.47. The van der Waals surface area contributed by atoms with E-state index in [0.717, 1.165) is 44.7 Å². The summed E-state index contributed by atoms with van der Waals surface area (Å²) in [5.41, 5.74) is 0. The highest BCUT2D eigenvalue weighted by atomic mass is 127. The first kappa shape index (κ1) is 24.2. The van der Waals surface area contributed by atoms with Gasteiger partial charge in [-0.1, -0.05) is 12.8 Å². The molecule has 1 saturated carbocycles. The molecule has 2 amide bonds. The molecule has 8 nitrogen and oxygen atoms in total. The molecule has 29 heavy (non-hydrogen) atoms. The van der Waals surface area contributed by atoms with Crippen molar-refractivity contribution in [3.8, 4) is 0 Å². The molecule has 3 fully saturated rings. The summed E-state index contributed by atoms with van der Waals surface area (Å²) in [6.07, 6.45) is 6.49. The Morgan fingerprint density at radius 3 is 2.21 bits per heavy atom. The van der Waals surface area contributed by atoms with E-state index in [9.17, 15) is 9.59 Å². The van der Waals surface area contributed by atoms with Crippen LogP contribution in [0.5, 0.6) is 0 Å². The summed E-state index contributed by atoms with van der Waals surface area (Å²) in [5, 5.41) is 3.58. The van der Waals surface area contributed by atoms with Gasteiger partial charge < -0.3 is 24.8 Å². The lowest BCUT2D eigenvalue weighted by Crippen LogP contribution is -2.51. The molecule has 0 bridgehead atoms. The van der Waals surface area contributed by atoms with Gasteiger partial charge in [0.15, 0.2) is 5.96 Å². The minimum absolute atomic E-state index is 0. The first-order valence-corrected chi connectivity index (χ1v) is 10.7. The van der Waals surface area contributed by atoms with Crippen molar-refractivity contribution < 1.29 is 14.3 Å². The van der Waals surface area contributed by atoms with E-state index in [0.29, 0.717) is 32.3 Å². The molecule has 0 aromatic heterocycles. The minimum atomic E-state index is 0. The molecular formula is C20H36IN5O3. The van der Waals surface area contributed by atoms with Crippen molar-refractivity contribution in [3.05, 3.63) is 0 Å². The third kappa shape index (κ3) is 6.97. The van der Waals surface area contributed by atoms with Crippen molar-refractivity contribution in [2.45, 2.75) is 44.6 Å². The summed E-state index contributed by atoms with van der Waals surface area (Å²) < 4.78 is 5.35. The Balaban J connectivity index is 0.00000300. The van der Waals surface area contributed by atoms with Crippen molar-refractivity contribution >= 4 is 41.8 Å². The number of morpholine rings is 1. The predicted octanol–water partition coefficient (Wildman–Crippen LogP) is 1.15. The number of aliphatic imine (C=N–C) groups is 1. The van der Waals surface area contributed by atoms with Gasteiger partial charge in [-0.3, -0.25) is 9.59 Å². The summed E-state index contributed by atoms with van der Waals surface area (Å²) in [4.78, 5) is 35.1. The summed E-state index contributed by atoms with van der Waals surface area (Å²) >= 11 is 0. The van der Waals surface area contributed by atoms with Crippen molar-refractivity contribution in [1.82, 2.24) is 20.0 Å². The molecule has 0 atom stereocenters. The molecule has 0 radical (unpaired) electrons. The second-order valence-electron chi connectivity index (χ2n) is 8.25. The number of hydrogen-bond donors (Lipinski definition) is 1. The van der Waals surface area contributed by atoms with Crippen LogP contribution in [0.25, 0.3) is 0 Å². The van der Waals surface area contributed by atoms with Crippen LogP contribution in [-0.2, 0) is 14.3 Å². The largest absolute Gasteiger partial charge is 0.378 e. The third-order valence-corrected chi connectivity index (χ3v) is 6.02. The number of likely N-dealkylation sites (tertiary alicyclic amines) is 1. The van der Waals surface area contributed by atoms with E-state index >= 15 is 0 Å². The van der Waals surface area contributed by atoms with E-state index in [4.69, 9.17) is 4.74 Å². The van der Waals surface area contributed by atoms with Crippen LogP contribution in [0.2, 0.25) is 0 Å². The van der Waals surface area contributed by atoms with Gasteiger partial charge in [0.05, 0.1) is 13.2 Å². The van der Waals surface area contributed by atoms with Crippen LogP contribution in [0, 0.1) is 5.92 Å². The normalized spacial score (nSPS) is 21.7. The van der Waals surface area contributed by atoms with Crippen LogP contribution < -0.4 is 5.32 Å². The fourth-order valence-electron chi connectivity index (χ4n) is 4.15. The van der Waals surface area contributed by atoms with E-state index in [1.165, 1.54) is 12.8 Å². The Morgan fingerprint density at radius 1 is 1.00 bits per heavy atom. The van der Waals surface area contributed by atoms with E-state index in [-0.39, 0.29) is 48.3 Å². The first-order valence-electron chi connectivity index (χ1n) is 10.7. The van der Waals surface area contributed by atoms with Crippen LogP contribution in [0.1, 0.15) is 38.5 Å². The number of likely N-dealkylation sites (N-methyl/N-ethyl adjacent to an activating group) is 1. The number of piperidine rings is 1. The zero-order valence-corrected chi connectivity index (χ0v) is 20.1.